The second kappa shape index (κ2) is 7.85. The van der Waals surface area contributed by atoms with Gasteiger partial charge in [-0.1, -0.05) is 60.7 Å². The molecule has 0 atom stereocenters. The van der Waals surface area contributed by atoms with Crippen molar-refractivity contribution in [1.29, 1.82) is 0 Å². The Balaban J connectivity index is 1.58. The van der Waals surface area contributed by atoms with Gasteiger partial charge in [0, 0.05) is 32.4 Å². The molecule has 3 aromatic carbocycles. The van der Waals surface area contributed by atoms with Crippen molar-refractivity contribution in [2.24, 2.45) is 0 Å². The Kier molecular flexibility index (Phi) is 4.88. The number of fused-ring (bicyclic) bond motifs is 3. The van der Waals surface area contributed by atoms with E-state index in [2.05, 4.69) is 71.5 Å². The van der Waals surface area contributed by atoms with Crippen LogP contribution < -0.4 is 5.32 Å². The van der Waals surface area contributed by atoms with E-state index in [0.717, 1.165) is 16.8 Å². The Hall–Kier alpha value is -3.70. The molecule has 5 aromatic rings. The number of hydrogen-bond acceptors (Lipinski definition) is 3. The molecule has 0 spiro atoms. The minimum absolute atomic E-state index is 0.169. The summed E-state index contributed by atoms with van der Waals surface area (Å²) in [5.41, 5.74) is 4.59. The standard InChI is InChI=1S/C26H21N3OS/c1-17(2)14-28-26(30)23-15-27-16-29(23)19-8-5-7-18(13-19)20-10-6-11-22-21-9-3-4-12-24(21)31-25(20)22/h3-13,15-16H,1,14H2,2H3,(H,28,30). The highest BCUT2D eigenvalue weighted by molar-refractivity contribution is 7.26. The van der Waals surface area contributed by atoms with Crippen LogP contribution in [0.2, 0.25) is 0 Å². The van der Waals surface area contributed by atoms with Crippen LogP contribution in [-0.2, 0) is 0 Å². The van der Waals surface area contributed by atoms with Gasteiger partial charge in [0.2, 0.25) is 0 Å². The van der Waals surface area contributed by atoms with Gasteiger partial charge < -0.3 is 5.32 Å². The largest absolute Gasteiger partial charge is 0.347 e. The average Bonchev–Trinajstić information content (AvgIpc) is 3.42. The number of carbonyl (C=O) groups excluding carboxylic acids is 1. The van der Waals surface area contributed by atoms with Gasteiger partial charge in [-0.05, 0) is 36.2 Å². The highest BCUT2D eigenvalue weighted by atomic mass is 32.1. The molecule has 5 rings (SSSR count). The van der Waals surface area contributed by atoms with Crippen LogP contribution in [0.4, 0.5) is 0 Å². The third-order valence-corrected chi connectivity index (χ3v) is 6.48. The summed E-state index contributed by atoms with van der Waals surface area (Å²) in [5.74, 6) is -0.169. The van der Waals surface area contributed by atoms with Gasteiger partial charge in [-0.3, -0.25) is 9.36 Å². The summed E-state index contributed by atoms with van der Waals surface area (Å²) in [4.78, 5) is 16.8. The van der Waals surface area contributed by atoms with E-state index in [0.29, 0.717) is 12.2 Å². The maximum Gasteiger partial charge on any atom is 0.270 e. The van der Waals surface area contributed by atoms with E-state index in [1.54, 1.807) is 12.5 Å². The van der Waals surface area contributed by atoms with Crippen LogP contribution in [0.1, 0.15) is 17.4 Å². The van der Waals surface area contributed by atoms with Crippen LogP contribution in [0.5, 0.6) is 0 Å². The minimum Gasteiger partial charge on any atom is -0.347 e. The molecule has 0 radical (unpaired) electrons. The Morgan fingerprint density at radius 1 is 1.06 bits per heavy atom. The van der Waals surface area contributed by atoms with Crippen LogP contribution >= 0.6 is 11.3 Å². The van der Waals surface area contributed by atoms with Crippen molar-refractivity contribution in [2.75, 3.05) is 6.54 Å². The molecule has 31 heavy (non-hydrogen) atoms. The van der Waals surface area contributed by atoms with Gasteiger partial charge in [-0.15, -0.1) is 11.3 Å². The fourth-order valence-electron chi connectivity index (χ4n) is 3.79. The Morgan fingerprint density at radius 2 is 1.87 bits per heavy atom. The highest BCUT2D eigenvalue weighted by Crippen LogP contribution is 2.40. The number of thiophene rings is 1. The smallest absolute Gasteiger partial charge is 0.270 e. The number of amides is 1. The molecule has 0 saturated heterocycles. The number of nitrogens with zero attached hydrogens (tertiary/aromatic N) is 2. The summed E-state index contributed by atoms with van der Waals surface area (Å²) >= 11 is 1.81. The molecule has 2 aromatic heterocycles. The molecule has 0 aliphatic heterocycles. The third kappa shape index (κ3) is 3.53. The number of hydrogen-bond donors (Lipinski definition) is 1. The molecule has 1 N–H and O–H groups in total. The first kappa shape index (κ1) is 19.3. The number of carbonyl (C=O) groups is 1. The number of rotatable bonds is 5. The fraction of sp³-hybridized carbons (Fsp3) is 0.0769. The van der Waals surface area contributed by atoms with Gasteiger partial charge in [0.15, 0.2) is 0 Å². The monoisotopic (exact) mass is 423 g/mol. The second-order valence-corrected chi connectivity index (χ2v) is 8.67. The summed E-state index contributed by atoms with van der Waals surface area (Å²) in [6, 6.07) is 23.2. The summed E-state index contributed by atoms with van der Waals surface area (Å²) in [5, 5.41) is 5.44. The van der Waals surface area contributed by atoms with Crippen molar-refractivity contribution in [3.05, 3.63) is 97.1 Å². The van der Waals surface area contributed by atoms with E-state index in [-0.39, 0.29) is 5.91 Å². The molecule has 0 bridgehead atoms. The zero-order valence-electron chi connectivity index (χ0n) is 17.1. The predicted octanol–water partition coefficient (Wildman–Crippen LogP) is 6.21. The quantitative estimate of drug-likeness (QED) is 0.342. The van der Waals surface area contributed by atoms with Crippen molar-refractivity contribution in [3.63, 3.8) is 0 Å². The van der Waals surface area contributed by atoms with Gasteiger partial charge in [0.25, 0.3) is 5.91 Å². The SMILES string of the molecule is C=C(C)CNC(=O)c1cncn1-c1cccc(-c2cccc3c2sc2ccccc23)c1. The fourth-order valence-corrected chi connectivity index (χ4v) is 5.03. The van der Waals surface area contributed by atoms with Gasteiger partial charge in [-0.2, -0.15) is 0 Å². The van der Waals surface area contributed by atoms with E-state index < -0.39 is 0 Å². The molecule has 1 amide bonds. The lowest BCUT2D eigenvalue weighted by Gasteiger charge is -2.11. The van der Waals surface area contributed by atoms with E-state index in [1.807, 2.05) is 35.0 Å². The normalized spacial score (nSPS) is 11.1. The molecule has 4 nitrogen and oxygen atoms in total. The van der Waals surface area contributed by atoms with Crippen molar-refractivity contribution >= 4 is 37.4 Å². The maximum absolute atomic E-state index is 12.6. The van der Waals surface area contributed by atoms with Crippen LogP contribution in [0, 0.1) is 0 Å². The van der Waals surface area contributed by atoms with Gasteiger partial charge >= 0.3 is 0 Å². The van der Waals surface area contributed by atoms with E-state index >= 15 is 0 Å². The van der Waals surface area contributed by atoms with Gasteiger partial charge in [0.1, 0.15) is 5.69 Å². The first-order valence-electron chi connectivity index (χ1n) is 10.1. The third-order valence-electron chi connectivity index (χ3n) is 5.26. The van der Waals surface area contributed by atoms with Crippen LogP contribution in [0.15, 0.2) is 91.4 Å². The minimum atomic E-state index is -0.169. The molecule has 0 saturated carbocycles. The van der Waals surface area contributed by atoms with Crippen LogP contribution in [0.3, 0.4) is 0 Å². The molecule has 0 aliphatic rings. The lowest BCUT2D eigenvalue weighted by Crippen LogP contribution is -2.26. The molecule has 5 heteroatoms. The second-order valence-electron chi connectivity index (χ2n) is 7.62. The number of benzene rings is 3. The molecule has 152 valence electrons. The maximum atomic E-state index is 12.6. The molecule has 0 unspecified atom stereocenters. The van der Waals surface area contributed by atoms with Crippen LogP contribution in [0.25, 0.3) is 37.0 Å². The first-order chi connectivity index (χ1) is 15.1. The van der Waals surface area contributed by atoms with Crippen molar-refractivity contribution in [2.45, 2.75) is 6.92 Å². The van der Waals surface area contributed by atoms with Gasteiger partial charge in [0.05, 0.1) is 12.5 Å². The van der Waals surface area contributed by atoms with Crippen molar-refractivity contribution < 1.29 is 4.79 Å². The lowest BCUT2D eigenvalue weighted by atomic mass is 10.0. The van der Waals surface area contributed by atoms with Crippen molar-refractivity contribution in [1.82, 2.24) is 14.9 Å². The topological polar surface area (TPSA) is 46.9 Å². The Labute approximate surface area is 184 Å². The number of nitrogens with one attached hydrogen (secondary N) is 1. The lowest BCUT2D eigenvalue weighted by molar-refractivity contribution is 0.0950. The van der Waals surface area contributed by atoms with Gasteiger partial charge in [-0.25, -0.2) is 4.98 Å². The van der Waals surface area contributed by atoms with E-state index in [4.69, 9.17) is 0 Å². The Morgan fingerprint density at radius 3 is 2.74 bits per heavy atom. The zero-order valence-corrected chi connectivity index (χ0v) is 17.9. The van der Waals surface area contributed by atoms with Crippen molar-refractivity contribution in [3.8, 4) is 16.8 Å². The molecule has 2 heterocycles. The van der Waals surface area contributed by atoms with E-state index in [1.165, 1.54) is 25.7 Å². The summed E-state index contributed by atoms with van der Waals surface area (Å²) in [6.07, 6.45) is 3.27. The zero-order chi connectivity index (χ0) is 21.4. The molecular weight excluding hydrogens is 402 g/mol. The molecule has 0 fully saturated rings. The van der Waals surface area contributed by atoms with E-state index in [9.17, 15) is 4.79 Å². The number of imidazole rings is 1. The molecule has 0 aliphatic carbocycles. The first-order valence-corrected chi connectivity index (χ1v) is 10.9. The average molecular weight is 424 g/mol. The predicted molar refractivity (Wildman–Crippen MR) is 129 cm³/mol. The highest BCUT2D eigenvalue weighted by Gasteiger charge is 2.14. The Bertz CT molecular complexity index is 1440. The van der Waals surface area contributed by atoms with Crippen LogP contribution in [-0.4, -0.2) is 22.0 Å². The molecular formula is C26H21N3OS. The summed E-state index contributed by atoms with van der Waals surface area (Å²) in [7, 11) is 0. The summed E-state index contributed by atoms with van der Waals surface area (Å²) < 4.78 is 4.38. The number of aromatic nitrogens is 2. The summed E-state index contributed by atoms with van der Waals surface area (Å²) in [6.45, 7) is 6.17.